The summed E-state index contributed by atoms with van der Waals surface area (Å²) in [6.07, 6.45) is 0.328. The van der Waals surface area contributed by atoms with Crippen molar-refractivity contribution in [1.82, 2.24) is 4.31 Å². The minimum Gasteiger partial charge on any atom is -0.229 e. The smallest absolute Gasteiger partial charge is 0.229 e. The van der Waals surface area contributed by atoms with E-state index in [2.05, 4.69) is 0 Å². The van der Waals surface area contributed by atoms with Crippen LogP contribution in [0.2, 0.25) is 0 Å². The highest BCUT2D eigenvalue weighted by Crippen LogP contribution is 2.34. The van der Waals surface area contributed by atoms with Crippen molar-refractivity contribution < 1.29 is 16.8 Å². The summed E-state index contributed by atoms with van der Waals surface area (Å²) in [7, 11) is -5.43. The monoisotopic (exact) mass is 345 g/mol. The Morgan fingerprint density at radius 3 is 2.05 bits per heavy atom. The van der Waals surface area contributed by atoms with Gasteiger partial charge in [-0.3, -0.25) is 0 Å². The van der Waals surface area contributed by atoms with Crippen LogP contribution in [-0.2, 0) is 19.9 Å². The van der Waals surface area contributed by atoms with Crippen molar-refractivity contribution in [1.29, 1.82) is 0 Å². The molecule has 0 radical (unpaired) electrons. The zero-order valence-electron chi connectivity index (χ0n) is 13.7. The topological polar surface area (TPSA) is 71.5 Å². The van der Waals surface area contributed by atoms with Gasteiger partial charge in [0.05, 0.1) is 16.4 Å². The van der Waals surface area contributed by atoms with Gasteiger partial charge in [0, 0.05) is 12.6 Å². The summed E-state index contributed by atoms with van der Waals surface area (Å²) in [4.78, 5) is 0.283. The fraction of sp³-hybridized carbons (Fsp3) is 0.600. The molecule has 1 aromatic carbocycles. The number of benzene rings is 1. The van der Waals surface area contributed by atoms with Crippen molar-refractivity contribution in [3.63, 3.8) is 0 Å². The van der Waals surface area contributed by atoms with Gasteiger partial charge in [0.25, 0.3) is 0 Å². The fourth-order valence-electron chi connectivity index (χ4n) is 3.24. The molecule has 2 rings (SSSR count). The molecule has 5 nitrogen and oxygen atoms in total. The molecule has 1 aromatic rings. The number of hydrogen-bond donors (Lipinski definition) is 0. The maximum atomic E-state index is 13.0. The van der Waals surface area contributed by atoms with E-state index >= 15 is 0 Å². The van der Waals surface area contributed by atoms with Crippen molar-refractivity contribution >= 4 is 19.9 Å². The van der Waals surface area contributed by atoms with Crippen LogP contribution in [0.15, 0.2) is 17.0 Å². The van der Waals surface area contributed by atoms with Crippen molar-refractivity contribution in [2.75, 3.05) is 18.6 Å². The quantitative estimate of drug-likeness (QED) is 0.837. The van der Waals surface area contributed by atoms with Gasteiger partial charge in [-0.05, 0) is 45.2 Å². The average molecular weight is 345 g/mol. The Hall–Kier alpha value is -0.920. The molecule has 0 aliphatic carbocycles. The molecule has 1 saturated heterocycles. The zero-order chi connectivity index (χ0) is 16.9. The lowest BCUT2D eigenvalue weighted by atomic mass is 10.0. The maximum absolute atomic E-state index is 13.0. The minimum atomic E-state index is -3.74. The number of rotatable bonds is 3. The van der Waals surface area contributed by atoms with E-state index in [0.29, 0.717) is 17.5 Å². The molecule has 22 heavy (non-hydrogen) atoms. The lowest BCUT2D eigenvalue weighted by molar-refractivity contribution is 0.272. The van der Waals surface area contributed by atoms with Gasteiger partial charge in [-0.15, -0.1) is 0 Å². The Bertz CT molecular complexity index is 789. The normalized spacial score (nSPS) is 24.8. The van der Waals surface area contributed by atoms with E-state index in [-0.39, 0.29) is 16.4 Å². The number of aryl methyl sites for hydroxylation is 3. The number of sulfonamides is 1. The van der Waals surface area contributed by atoms with E-state index < -0.39 is 25.4 Å². The van der Waals surface area contributed by atoms with Crippen molar-refractivity contribution in [3.05, 3.63) is 28.8 Å². The van der Waals surface area contributed by atoms with Crippen LogP contribution in [0.3, 0.4) is 0 Å². The Balaban J connectivity index is 2.52. The predicted molar refractivity (Wildman–Crippen MR) is 87.3 cm³/mol. The minimum absolute atomic E-state index is 0.0369. The first-order chi connectivity index (χ1) is 9.89. The van der Waals surface area contributed by atoms with Gasteiger partial charge in [0.15, 0.2) is 9.84 Å². The van der Waals surface area contributed by atoms with Gasteiger partial charge < -0.3 is 0 Å². The molecule has 1 aliphatic rings. The molecule has 1 unspecified atom stereocenters. The van der Waals surface area contributed by atoms with Crippen LogP contribution < -0.4 is 0 Å². The second kappa shape index (κ2) is 5.32. The summed E-state index contributed by atoms with van der Waals surface area (Å²) in [6.45, 7) is 7.17. The van der Waals surface area contributed by atoms with Gasteiger partial charge >= 0.3 is 0 Å². The van der Waals surface area contributed by atoms with Crippen LogP contribution in [0.1, 0.15) is 30.0 Å². The Kier molecular flexibility index (Phi) is 4.21. The molecule has 1 heterocycles. The van der Waals surface area contributed by atoms with E-state index in [1.54, 1.807) is 20.8 Å². The van der Waals surface area contributed by atoms with Crippen molar-refractivity contribution in [2.24, 2.45) is 0 Å². The number of hydrogen-bond acceptors (Lipinski definition) is 4. The molecule has 7 heteroatoms. The summed E-state index contributed by atoms with van der Waals surface area (Å²) < 4.78 is 50.8. The SMILES string of the molecule is Cc1cc(C)c(S(=O)(=O)N(C)C2(C)CCS(=O)(=O)C2)c(C)c1. The predicted octanol–water partition coefficient (Wildman–Crippen LogP) is 1.81. The molecule has 0 N–H and O–H groups in total. The van der Waals surface area contributed by atoms with Crippen molar-refractivity contribution in [2.45, 2.75) is 44.6 Å². The Labute approximate surface area is 133 Å². The highest BCUT2D eigenvalue weighted by molar-refractivity contribution is 7.92. The van der Waals surface area contributed by atoms with Crippen LogP contribution in [-0.4, -0.2) is 45.2 Å². The van der Waals surface area contributed by atoms with Gasteiger partial charge in [0.2, 0.25) is 10.0 Å². The van der Waals surface area contributed by atoms with Crippen LogP contribution >= 0.6 is 0 Å². The number of sulfone groups is 1. The zero-order valence-corrected chi connectivity index (χ0v) is 15.3. The van der Waals surface area contributed by atoms with E-state index in [9.17, 15) is 16.8 Å². The van der Waals surface area contributed by atoms with Gasteiger partial charge in [0.1, 0.15) is 0 Å². The third kappa shape index (κ3) is 2.94. The summed E-state index contributed by atoms with van der Waals surface area (Å²) >= 11 is 0. The molecular formula is C15H23NO4S2. The third-order valence-electron chi connectivity index (χ3n) is 4.47. The number of nitrogens with zero attached hydrogens (tertiary/aromatic N) is 1. The van der Waals surface area contributed by atoms with E-state index in [0.717, 1.165) is 5.56 Å². The van der Waals surface area contributed by atoms with Crippen molar-refractivity contribution in [3.8, 4) is 0 Å². The summed E-state index contributed by atoms with van der Waals surface area (Å²) in [5.74, 6) is -0.0884. The first-order valence-corrected chi connectivity index (χ1v) is 10.4. The highest BCUT2D eigenvalue weighted by Gasteiger charge is 2.46. The van der Waals surface area contributed by atoms with E-state index in [1.165, 1.54) is 11.4 Å². The first kappa shape index (κ1) is 17.4. The fourth-order valence-corrected chi connectivity index (χ4v) is 7.45. The molecule has 1 atom stereocenters. The van der Waals surface area contributed by atoms with Gasteiger partial charge in [-0.1, -0.05) is 17.7 Å². The maximum Gasteiger partial charge on any atom is 0.243 e. The second-order valence-corrected chi connectivity index (χ2v) is 10.6. The third-order valence-corrected chi connectivity index (χ3v) is 8.68. The Morgan fingerprint density at radius 2 is 1.64 bits per heavy atom. The van der Waals surface area contributed by atoms with Gasteiger partial charge in [-0.25, -0.2) is 16.8 Å². The van der Waals surface area contributed by atoms with Crippen LogP contribution in [0.5, 0.6) is 0 Å². The summed E-state index contributed by atoms with van der Waals surface area (Å²) in [5, 5.41) is 0. The standard InChI is InChI=1S/C15H23NO4S2/c1-11-8-12(2)14(13(3)9-11)22(19,20)16(5)15(4)6-7-21(17,18)10-15/h8-9H,6-7,10H2,1-5H3. The lowest BCUT2D eigenvalue weighted by Crippen LogP contribution is -2.48. The highest BCUT2D eigenvalue weighted by atomic mass is 32.2. The molecule has 1 aliphatic heterocycles. The van der Waals surface area contributed by atoms with Crippen LogP contribution in [0, 0.1) is 20.8 Å². The molecule has 0 aromatic heterocycles. The summed E-state index contributed by atoms with van der Waals surface area (Å²) in [6, 6.07) is 3.67. The molecule has 1 fully saturated rings. The van der Waals surface area contributed by atoms with Gasteiger partial charge in [-0.2, -0.15) is 4.31 Å². The molecule has 0 amide bonds. The molecule has 0 saturated carbocycles. The summed E-state index contributed by atoms with van der Waals surface area (Å²) in [5.41, 5.74) is 1.50. The average Bonchev–Trinajstić information content (AvgIpc) is 2.62. The lowest BCUT2D eigenvalue weighted by Gasteiger charge is -2.34. The van der Waals surface area contributed by atoms with Crippen LogP contribution in [0.4, 0.5) is 0 Å². The largest absolute Gasteiger partial charge is 0.243 e. The second-order valence-electron chi connectivity index (χ2n) is 6.54. The Morgan fingerprint density at radius 1 is 1.14 bits per heavy atom. The molecule has 0 bridgehead atoms. The van der Waals surface area contributed by atoms with E-state index in [4.69, 9.17) is 0 Å². The molecule has 0 spiro atoms. The molecule has 124 valence electrons. The van der Waals surface area contributed by atoms with Crippen LogP contribution in [0.25, 0.3) is 0 Å². The van der Waals surface area contributed by atoms with E-state index in [1.807, 2.05) is 19.1 Å². The molecular weight excluding hydrogens is 322 g/mol. The first-order valence-electron chi connectivity index (χ1n) is 7.16.